The van der Waals surface area contributed by atoms with Crippen LogP contribution < -0.4 is 19.6 Å². The van der Waals surface area contributed by atoms with Gasteiger partial charge in [0.25, 0.3) is 5.56 Å². The molecule has 2 aromatic heterocycles. The minimum absolute atomic E-state index is 0.107. The number of nitrogens with zero attached hydrogens (tertiary/aromatic N) is 2. The molecular weight excluding hydrogens is 404 g/mol. The number of ether oxygens (including phenoxy) is 3. The molecular formula is C22H20N2O5S. The maximum absolute atomic E-state index is 12.9. The number of hydrogen-bond acceptors (Lipinski definition) is 7. The van der Waals surface area contributed by atoms with Gasteiger partial charge in [-0.3, -0.25) is 4.79 Å². The fraction of sp³-hybridized carbons (Fsp3) is 0.227. The van der Waals surface area contributed by atoms with E-state index < -0.39 is 5.97 Å². The molecule has 30 heavy (non-hydrogen) atoms. The molecule has 0 atom stereocenters. The highest BCUT2D eigenvalue weighted by atomic mass is 32.1. The van der Waals surface area contributed by atoms with E-state index in [0.29, 0.717) is 34.2 Å². The van der Waals surface area contributed by atoms with E-state index in [2.05, 4.69) is 4.98 Å². The highest BCUT2D eigenvalue weighted by Crippen LogP contribution is 2.29. The first-order valence-corrected chi connectivity index (χ1v) is 10.4. The number of hydrogen-bond donors (Lipinski definition) is 0. The Morgan fingerprint density at radius 2 is 1.93 bits per heavy atom. The second kappa shape index (κ2) is 8.54. The van der Waals surface area contributed by atoms with Crippen LogP contribution in [0.25, 0.3) is 22.1 Å². The van der Waals surface area contributed by atoms with Gasteiger partial charge in [0.15, 0.2) is 23.1 Å². The molecule has 0 saturated heterocycles. The molecule has 0 N–H and O–H groups in total. The van der Waals surface area contributed by atoms with Crippen molar-refractivity contribution in [3.05, 3.63) is 62.9 Å². The third kappa shape index (κ3) is 3.86. The lowest BCUT2D eigenvalue weighted by atomic mass is 10.2. The number of rotatable bonds is 7. The average Bonchev–Trinajstić information content (AvgIpc) is 3.24. The molecule has 0 aliphatic rings. The molecule has 0 saturated carbocycles. The van der Waals surface area contributed by atoms with Crippen molar-refractivity contribution in [3.8, 4) is 11.5 Å². The Morgan fingerprint density at radius 1 is 1.10 bits per heavy atom. The molecule has 4 rings (SSSR count). The van der Waals surface area contributed by atoms with Crippen molar-refractivity contribution in [2.24, 2.45) is 0 Å². The molecule has 0 amide bonds. The number of fused-ring (bicyclic) bond motifs is 3. The van der Waals surface area contributed by atoms with E-state index >= 15 is 0 Å². The molecule has 0 aliphatic carbocycles. The SMILES string of the molecule is CCOC(=O)COc1ccc(C=c2sc3nc4ccccc4n3c2=O)cc1OCC. The number of benzene rings is 2. The van der Waals surface area contributed by atoms with Crippen molar-refractivity contribution < 1.29 is 19.0 Å². The Morgan fingerprint density at radius 3 is 2.73 bits per heavy atom. The van der Waals surface area contributed by atoms with Crippen molar-refractivity contribution in [2.45, 2.75) is 13.8 Å². The second-order valence-electron chi connectivity index (χ2n) is 6.37. The zero-order valence-corrected chi connectivity index (χ0v) is 17.4. The molecule has 8 heteroatoms. The van der Waals surface area contributed by atoms with Gasteiger partial charge in [0.05, 0.1) is 28.8 Å². The summed E-state index contributed by atoms with van der Waals surface area (Å²) in [5.41, 5.74) is 2.28. The third-order valence-electron chi connectivity index (χ3n) is 4.36. The van der Waals surface area contributed by atoms with Gasteiger partial charge in [0.1, 0.15) is 0 Å². The predicted octanol–water partition coefficient (Wildman–Crippen LogP) is 2.80. The van der Waals surface area contributed by atoms with Crippen LogP contribution in [-0.4, -0.2) is 35.2 Å². The van der Waals surface area contributed by atoms with Crippen LogP contribution >= 0.6 is 11.3 Å². The Bertz CT molecular complexity index is 1320. The van der Waals surface area contributed by atoms with Crippen LogP contribution in [0.2, 0.25) is 0 Å². The van der Waals surface area contributed by atoms with Gasteiger partial charge in [-0.2, -0.15) is 0 Å². The van der Waals surface area contributed by atoms with Crippen LogP contribution in [0.1, 0.15) is 19.4 Å². The molecule has 2 heterocycles. The maximum Gasteiger partial charge on any atom is 0.344 e. The van der Waals surface area contributed by atoms with Gasteiger partial charge >= 0.3 is 5.97 Å². The normalized spacial score (nSPS) is 11.9. The van der Waals surface area contributed by atoms with E-state index in [1.165, 1.54) is 11.3 Å². The number of imidazole rings is 1. The van der Waals surface area contributed by atoms with Crippen LogP contribution in [-0.2, 0) is 9.53 Å². The van der Waals surface area contributed by atoms with Gasteiger partial charge in [-0.1, -0.05) is 29.5 Å². The summed E-state index contributed by atoms with van der Waals surface area (Å²) in [7, 11) is 0. The van der Waals surface area contributed by atoms with Gasteiger partial charge < -0.3 is 14.2 Å². The van der Waals surface area contributed by atoms with E-state index in [-0.39, 0.29) is 12.2 Å². The molecule has 2 aromatic carbocycles. The smallest absolute Gasteiger partial charge is 0.344 e. The summed E-state index contributed by atoms with van der Waals surface area (Å²) in [5.74, 6) is 0.492. The van der Waals surface area contributed by atoms with E-state index in [1.54, 1.807) is 29.5 Å². The lowest BCUT2D eigenvalue weighted by Gasteiger charge is -2.12. The Labute approximate surface area is 176 Å². The Hall–Kier alpha value is -3.39. The molecule has 0 radical (unpaired) electrons. The Kier molecular flexibility index (Phi) is 5.67. The van der Waals surface area contributed by atoms with Crippen LogP contribution in [0.3, 0.4) is 0 Å². The number of para-hydroxylation sites is 2. The summed E-state index contributed by atoms with van der Waals surface area (Å²) in [6, 6.07) is 12.9. The van der Waals surface area contributed by atoms with E-state index in [0.717, 1.165) is 16.6 Å². The number of carbonyl (C=O) groups is 1. The first-order chi connectivity index (χ1) is 14.6. The molecule has 0 aliphatic heterocycles. The van der Waals surface area contributed by atoms with Gasteiger partial charge in [-0.15, -0.1) is 0 Å². The van der Waals surface area contributed by atoms with Crippen molar-refractivity contribution in [1.29, 1.82) is 0 Å². The quantitative estimate of drug-likeness (QED) is 0.425. The minimum atomic E-state index is -0.444. The van der Waals surface area contributed by atoms with Gasteiger partial charge in [0.2, 0.25) is 0 Å². The molecule has 7 nitrogen and oxygen atoms in total. The number of thiazole rings is 1. The van der Waals surface area contributed by atoms with Gasteiger partial charge in [0, 0.05) is 0 Å². The monoisotopic (exact) mass is 424 g/mol. The fourth-order valence-electron chi connectivity index (χ4n) is 3.10. The zero-order valence-electron chi connectivity index (χ0n) is 16.6. The maximum atomic E-state index is 12.9. The summed E-state index contributed by atoms with van der Waals surface area (Å²) >= 11 is 1.34. The zero-order chi connectivity index (χ0) is 21.1. The number of carbonyl (C=O) groups excluding carboxylic acids is 1. The summed E-state index contributed by atoms with van der Waals surface area (Å²) in [5, 5.41) is 0. The molecule has 4 aromatic rings. The van der Waals surface area contributed by atoms with Crippen molar-refractivity contribution in [3.63, 3.8) is 0 Å². The molecule has 0 unspecified atom stereocenters. The summed E-state index contributed by atoms with van der Waals surface area (Å²) in [6.07, 6.45) is 1.80. The molecule has 0 spiro atoms. The highest BCUT2D eigenvalue weighted by molar-refractivity contribution is 7.15. The standard InChI is InChI=1S/C22H20N2O5S/c1-3-27-18-11-14(9-10-17(18)29-13-20(25)28-4-2)12-19-21(26)24-16-8-6-5-7-15(16)23-22(24)30-19/h5-12H,3-4,13H2,1-2H3. The Balaban J connectivity index is 1.69. The van der Waals surface area contributed by atoms with Gasteiger partial charge in [-0.05, 0) is 49.8 Å². The lowest BCUT2D eigenvalue weighted by Crippen LogP contribution is -2.22. The second-order valence-corrected chi connectivity index (χ2v) is 7.38. The van der Waals surface area contributed by atoms with Crippen LogP contribution in [0.5, 0.6) is 11.5 Å². The molecule has 154 valence electrons. The number of esters is 1. The van der Waals surface area contributed by atoms with Crippen LogP contribution in [0, 0.1) is 0 Å². The fourth-order valence-corrected chi connectivity index (χ4v) is 4.09. The summed E-state index contributed by atoms with van der Waals surface area (Å²) in [6.45, 7) is 4.14. The minimum Gasteiger partial charge on any atom is -0.490 e. The number of aromatic nitrogens is 2. The van der Waals surface area contributed by atoms with E-state index in [4.69, 9.17) is 14.2 Å². The third-order valence-corrected chi connectivity index (χ3v) is 5.33. The average molecular weight is 424 g/mol. The lowest BCUT2D eigenvalue weighted by molar-refractivity contribution is -0.145. The van der Waals surface area contributed by atoms with Crippen molar-refractivity contribution in [1.82, 2.24) is 9.38 Å². The van der Waals surface area contributed by atoms with Gasteiger partial charge in [-0.25, -0.2) is 14.2 Å². The highest BCUT2D eigenvalue weighted by Gasteiger charge is 2.12. The predicted molar refractivity (Wildman–Crippen MR) is 115 cm³/mol. The first-order valence-electron chi connectivity index (χ1n) is 9.57. The summed E-state index contributed by atoms with van der Waals surface area (Å²) in [4.78, 5) is 29.7. The van der Waals surface area contributed by atoms with Crippen molar-refractivity contribution in [2.75, 3.05) is 19.8 Å². The first kappa shape index (κ1) is 19.9. The topological polar surface area (TPSA) is 79.1 Å². The van der Waals surface area contributed by atoms with Crippen LogP contribution in [0.4, 0.5) is 0 Å². The largest absolute Gasteiger partial charge is 0.490 e. The van der Waals surface area contributed by atoms with Crippen molar-refractivity contribution >= 4 is 39.4 Å². The molecule has 0 fully saturated rings. The van der Waals surface area contributed by atoms with E-state index in [1.807, 2.05) is 37.3 Å². The van der Waals surface area contributed by atoms with E-state index in [9.17, 15) is 9.59 Å². The summed E-state index contributed by atoms with van der Waals surface area (Å²) < 4.78 is 18.3. The molecule has 0 bridgehead atoms. The van der Waals surface area contributed by atoms with Crippen LogP contribution in [0.15, 0.2) is 47.3 Å².